The number of hydrogen-bond acceptors (Lipinski definition) is 3. The molecule has 1 unspecified atom stereocenters. The van der Waals surface area contributed by atoms with Crippen LogP contribution in [0.3, 0.4) is 0 Å². The quantitative estimate of drug-likeness (QED) is 0.624. The fourth-order valence-corrected chi connectivity index (χ4v) is 2.50. The summed E-state index contributed by atoms with van der Waals surface area (Å²) in [5.41, 5.74) is 1.22. The molecule has 0 aliphatic carbocycles. The molecule has 4 nitrogen and oxygen atoms in total. The Morgan fingerprint density at radius 2 is 2.11 bits per heavy atom. The molecule has 102 valence electrons. The minimum atomic E-state index is -0.542. The van der Waals surface area contributed by atoms with E-state index in [1.807, 2.05) is 18.2 Å². The number of likely N-dealkylation sites (tertiary alicyclic amines) is 1. The first-order chi connectivity index (χ1) is 9.20. The lowest BCUT2D eigenvalue weighted by Crippen LogP contribution is -3.13. The largest absolute Gasteiger partial charge is 0.465 e. The molecule has 19 heavy (non-hydrogen) atoms. The zero-order valence-electron chi connectivity index (χ0n) is 11.2. The Labute approximate surface area is 113 Å². The number of ketones is 1. The van der Waals surface area contributed by atoms with Crippen molar-refractivity contribution in [2.24, 2.45) is 5.92 Å². The highest BCUT2D eigenvalue weighted by molar-refractivity contribution is 5.99. The third-order valence-electron chi connectivity index (χ3n) is 3.47. The van der Waals surface area contributed by atoms with Crippen molar-refractivity contribution in [2.45, 2.75) is 19.9 Å². The average molecular weight is 262 g/mol. The normalized spacial score (nSPS) is 23.1. The molecule has 1 aromatic carbocycles. The summed E-state index contributed by atoms with van der Waals surface area (Å²) in [4.78, 5) is 24.8. The van der Waals surface area contributed by atoms with Gasteiger partial charge in [-0.3, -0.25) is 9.59 Å². The number of Topliss-reactive ketones (excluding diaryl/α,β-unsaturated/α-hetero) is 1. The van der Waals surface area contributed by atoms with Gasteiger partial charge in [-0.05, 0) is 6.92 Å². The van der Waals surface area contributed by atoms with Crippen LogP contribution < -0.4 is 4.90 Å². The molecule has 1 fully saturated rings. The molecule has 2 atom stereocenters. The summed E-state index contributed by atoms with van der Waals surface area (Å²) in [5.74, 6) is -0.888. The van der Waals surface area contributed by atoms with Gasteiger partial charge in [-0.25, -0.2) is 0 Å². The summed E-state index contributed by atoms with van der Waals surface area (Å²) in [6.07, 6.45) is 0.597. The second-order valence-corrected chi connectivity index (χ2v) is 4.90. The van der Waals surface area contributed by atoms with Crippen molar-refractivity contribution in [3.8, 4) is 0 Å². The lowest BCUT2D eigenvalue weighted by Gasteiger charge is -2.27. The molecular formula is C15H20NO3+. The number of benzene rings is 1. The van der Waals surface area contributed by atoms with E-state index in [-0.39, 0.29) is 11.8 Å². The lowest BCUT2D eigenvalue weighted by molar-refractivity contribution is -0.909. The first-order valence-corrected chi connectivity index (χ1v) is 6.77. The maximum absolute atomic E-state index is 12.0. The second-order valence-electron chi connectivity index (χ2n) is 4.90. The number of ether oxygens (including phenoxy) is 1. The van der Waals surface area contributed by atoms with E-state index in [4.69, 9.17) is 4.74 Å². The zero-order chi connectivity index (χ0) is 13.7. The van der Waals surface area contributed by atoms with E-state index in [0.717, 1.165) is 13.1 Å². The van der Waals surface area contributed by atoms with Gasteiger partial charge in [0.05, 0.1) is 13.2 Å². The Morgan fingerprint density at radius 1 is 1.37 bits per heavy atom. The number of piperidine rings is 1. The van der Waals surface area contributed by atoms with Gasteiger partial charge in [0, 0.05) is 12.0 Å². The van der Waals surface area contributed by atoms with Crippen LogP contribution in [-0.2, 0) is 20.9 Å². The molecule has 0 bridgehead atoms. The third-order valence-corrected chi connectivity index (χ3v) is 3.47. The fourth-order valence-electron chi connectivity index (χ4n) is 2.50. The topological polar surface area (TPSA) is 47.8 Å². The number of carbonyl (C=O) groups excluding carboxylic acids is 2. The van der Waals surface area contributed by atoms with Gasteiger partial charge in [0.15, 0.2) is 0 Å². The summed E-state index contributed by atoms with van der Waals surface area (Å²) in [5, 5.41) is 0. The number of hydrogen-bond donors (Lipinski definition) is 1. The van der Waals surface area contributed by atoms with Crippen molar-refractivity contribution in [3.05, 3.63) is 35.9 Å². The van der Waals surface area contributed by atoms with E-state index in [9.17, 15) is 9.59 Å². The van der Waals surface area contributed by atoms with Gasteiger partial charge in [0.2, 0.25) is 5.78 Å². The number of quaternary nitrogens is 1. The van der Waals surface area contributed by atoms with E-state index < -0.39 is 5.92 Å². The maximum Gasteiger partial charge on any atom is 0.316 e. The molecule has 1 saturated heterocycles. The molecule has 1 aliphatic heterocycles. The van der Waals surface area contributed by atoms with E-state index in [1.54, 1.807) is 6.92 Å². The lowest BCUT2D eigenvalue weighted by atomic mass is 9.95. The van der Waals surface area contributed by atoms with Crippen LogP contribution >= 0.6 is 0 Å². The van der Waals surface area contributed by atoms with E-state index in [2.05, 4.69) is 12.1 Å². The first-order valence-electron chi connectivity index (χ1n) is 6.77. The number of nitrogens with one attached hydrogen (secondary N) is 1. The highest BCUT2D eigenvalue weighted by Crippen LogP contribution is 2.09. The molecular weight excluding hydrogens is 242 g/mol. The zero-order valence-corrected chi connectivity index (χ0v) is 11.2. The Bertz CT molecular complexity index is 444. The van der Waals surface area contributed by atoms with Crippen molar-refractivity contribution in [1.82, 2.24) is 0 Å². The summed E-state index contributed by atoms with van der Waals surface area (Å²) in [6.45, 7) is 4.19. The summed E-state index contributed by atoms with van der Waals surface area (Å²) >= 11 is 0. The third kappa shape index (κ3) is 3.64. The average Bonchev–Trinajstić information content (AvgIpc) is 2.40. The Morgan fingerprint density at radius 3 is 2.74 bits per heavy atom. The van der Waals surface area contributed by atoms with Crippen molar-refractivity contribution >= 4 is 11.8 Å². The fraction of sp³-hybridized carbons (Fsp3) is 0.467. The smallest absolute Gasteiger partial charge is 0.316 e. The monoisotopic (exact) mass is 262 g/mol. The highest BCUT2D eigenvalue weighted by Gasteiger charge is 2.35. The van der Waals surface area contributed by atoms with Crippen LogP contribution in [0.4, 0.5) is 0 Å². The van der Waals surface area contributed by atoms with Crippen LogP contribution in [0.2, 0.25) is 0 Å². The number of carbonyl (C=O) groups is 2. The molecule has 0 spiro atoms. The van der Waals surface area contributed by atoms with Gasteiger partial charge in [-0.15, -0.1) is 0 Å². The van der Waals surface area contributed by atoms with Gasteiger partial charge in [-0.2, -0.15) is 0 Å². The Kier molecular flexibility index (Phi) is 4.68. The van der Waals surface area contributed by atoms with Crippen LogP contribution in [-0.4, -0.2) is 31.4 Å². The van der Waals surface area contributed by atoms with Crippen LogP contribution in [0.5, 0.6) is 0 Å². The molecule has 0 aromatic heterocycles. The van der Waals surface area contributed by atoms with Gasteiger partial charge in [0.25, 0.3) is 0 Å². The van der Waals surface area contributed by atoms with Crippen LogP contribution in [0.1, 0.15) is 18.9 Å². The first kappa shape index (κ1) is 13.7. The molecule has 0 radical (unpaired) electrons. The van der Waals surface area contributed by atoms with E-state index in [0.29, 0.717) is 19.6 Å². The predicted octanol–water partition coefficient (Wildman–Crippen LogP) is 0.224. The molecule has 1 N–H and O–H groups in total. The number of rotatable bonds is 4. The summed E-state index contributed by atoms with van der Waals surface area (Å²) in [7, 11) is 0. The van der Waals surface area contributed by atoms with Crippen LogP contribution in [0.15, 0.2) is 30.3 Å². The Balaban J connectivity index is 1.90. The molecule has 2 rings (SSSR count). The second kappa shape index (κ2) is 6.48. The number of esters is 1. The van der Waals surface area contributed by atoms with E-state index in [1.165, 1.54) is 10.5 Å². The molecule has 0 saturated carbocycles. The van der Waals surface area contributed by atoms with Gasteiger partial charge < -0.3 is 9.64 Å². The molecule has 1 aliphatic rings. The standard InChI is InChI=1S/C15H19NO3/c1-2-19-15(18)13-8-9-16(11-14(13)17)10-12-6-4-3-5-7-12/h3-7,13H,2,8-11H2,1H3/p+1/t13-/m1/s1. The minimum Gasteiger partial charge on any atom is -0.465 e. The van der Waals surface area contributed by atoms with Crippen molar-refractivity contribution in [3.63, 3.8) is 0 Å². The molecule has 0 amide bonds. The highest BCUT2D eigenvalue weighted by atomic mass is 16.5. The molecule has 1 aromatic rings. The summed E-state index contributed by atoms with van der Waals surface area (Å²) < 4.78 is 4.94. The van der Waals surface area contributed by atoms with Gasteiger partial charge >= 0.3 is 5.97 Å². The molecule has 1 heterocycles. The molecule has 4 heteroatoms. The van der Waals surface area contributed by atoms with Crippen LogP contribution in [0.25, 0.3) is 0 Å². The SMILES string of the molecule is CCOC(=O)[C@@H]1CC[NH+](Cc2ccccc2)CC1=O. The summed E-state index contributed by atoms with van der Waals surface area (Å²) in [6, 6.07) is 10.1. The predicted molar refractivity (Wildman–Crippen MR) is 70.6 cm³/mol. The van der Waals surface area contributed by atoms with Gasteiger partial charge in [-0.1, -0.05) is 30.3 Å². The van der Waals surface area contributed by atoms with Crippen molar-refractivity contribution in [1.29, 1.82) is 0 Å². The minimum absolute atomic E-state index is 0.00984. The van der Waals surface area contributed by atoms with Crippen molar-refractivity contribution in [2.75, 3.05) is 19.7 Å². The van der Waals surface area contributed by atoms with Crippen molar-refractivity contribution < 1.29 is 19.2 Å². The van der Waals surface area contributed by atoms with Gasteiger partial charge in [0.1, 0.15) is 19.0 Å². The Hall–Kier alpha value is -1.68. The van der Waals surface area contributed by atoms with E-state index >= 15 is 0 Å². The van der Waals surface area contributed by atoms with Crippen LogP contribution in [0, 0.1) is 5.92 Å². The maximum atomic E-state index is 12.0.